The van der Waals surface area contributed by atoms with Crippen LogP contribution < -0.4 is 10.5 Å². The van der Waals surface area contributed by atoms with Crippen molar-refractivity contribution >= 4 is 29.1 Å². The van der Waals surface area contributed by atoms with Crippen LogP contribution in [-0.2, 0) is 0 Å². The molecule has 156 valence electrons. The molecule has 30 heavy (non-hydrogen) atoms. The fourth-order valence-corrected chi connectivity index (χ4v) is 4.60. The third-order valence-electron chi connectivity index (χ3n) is 5.10. The van der Waals surface area contributed by atoms with Crippen LogP contribution in [0.5, 0.6) is 0 Å². The zero-order valence-corrected chi connectivity index (χ0v) is 17.9. The molecular weight excluding hydrogens is 423 g/mol. The average Bonchev–Trinajstić information content (AvgIpc) is 2.78. The molecule has 2 heterocycles. The highest BCUT2D eigenvalue weighted by atomic mass is 35.5. The second kappa shape index (κ2) is 9.64. The number of rotatable bonds is 6. The highest BCUT2D eigenvalue weighted by Gasteiger charge is 2.21. The van der Waals surface area contributed by atoms with Gasteiger partial charge in [0.15, 0.2) is 0 Å². The molecule has 0 spiro atoms. The first kappa shape index (κ1) is 20.9. The normalized spacial score (nSPS) is 14.8. The molecule has 0 atom stereocenters. The van der Waals surface area contributed by atoms with Crippen LogP contribution in [0.3, 0.4) is 0 Å². The number of hydrogen-bond donors (Lipinski definition) is 0. The Hall–Kier alpha value is -2.35. The fourth-order valence-electron chi connectivity index (χ4n) is 3.43. The molecule has 0 aliphatic carbocycles. The van der Waals surface area contributed by atoms with Gasteiger partial charge in [-0.05, 0) is 36.4 Å². The lowest BCUT2D eigenvalue weighted by molar-refractivity contribution is 0.273. The zero-order valence-electron chi connectivity index (χ0n) is 16.4. The Labute approximate surface area is 184 Å². The number of para-hydroxylation sites is 1. The smallest absolute Gasteiger partial charge is 0.292 e. The van der Waals surface area contributed by atoms with E-state index in [1.807, 2.05) is 42.5 Å². The van der Waals surface area contributed by atoms with E-state index < -0.39 is 0 Å². The molecule has 0 bridgehead atoms. The van der Waals surface area contributed by atoms with Gasteiger partial charge in [-0.15, -0.1) is 11.8 Å². The molecule has 0 N–H and O–H groups in total. The summed E-state index contributed by atoms with van der Waals surface area (Å²) in [6.07, 6.45) is 1.68. The minimum absolute atomic E-state index is 0.203. The first-order valence-electron chi connectivity index (χ1n) is 9.81. The first-order chi connectivity index (χ1) is 14.6. The van der Waals surface area contributed by atoms with Crippen LogP contribution in [0, 0.1) is 5.82 Å². The van der Waals surface area contributed by atoms with Gasteiger partial charge in [-0.2, -0.15) is 9.78 Å². The zero-order chi connectivity index (χ0) is 20.9. The molecule has 2 aromatic carbocycles. The minimum atomic E-state index is -0.307. The van der Waals surface area contributed by atoms with Crippen molar-refractivity contribution in [2.45, 2.75) is 4.90 Å². The molecule has 8 heteroatoms. The van der Waals surface area contributed by atoms with E-state index in [9.17, 15) is 9.18 Å². The lowest BCUT2D eigenvalue weighted by atomic mass is 10.3. The fraction of sp³-hybridized carbons (Fsp3) is 0.273. The van der Waals surface area contributed by atoms with Crippen LogP contribution in [0.4, 0.5) is 10.1 Å². The molecule has 0 amide bonds. The topological polar surface area (TPSA) is 41.4 Å². The number of hydrogen-bond acceptors (Lipinski definition) is 5. The molecule has 3 aromatic rings. The number of anilines is 1. The van der Waals surface area contributed by atoms with Crippen molar-refractivity contribution in [1.82, 2.24) is 14.7 Å². The highest BCUT2D eigenvalue weighted by Crippen LogP contribution is 2.23. The van der Waals surface area contributed by atoms with E-state index in [0.717, 1.165) is 43.4 Å². The second-order valence-corrected chi connectivity index (χ2v) is 8.57. The summed E-state index contributed by atoms with van der Waals surface area (Å²) >= 11 is 8.15. The molecule has 0 unspecified atom stereocenters. The predicted octanol–water partition coefficient (Wildman–Crippen LogP) is 3.94. The molecule has 4 rings (SSSR count). The second-order valence-electron chi connectivity index (χ2n) is 7.03. The molecular formula is C22H22ClFN4OS. The number of thioether (sulfide) groups is 1. The van der Waals surface area contributed by atoms with E-state index in [1.165, 1.54) is 16.8 Å². The Morgan fingerprint density at radius 2 is 1.70 bits per heavy atom. The van der Waals surface area contributed by atoms with Gasteiger partial charge in [0, 0.05) is 43.4 Å². The molecule has 1 aliphatic heterocycles. The molecule has 0 saturated carbocycles. The summed E-state index contributed by atoms with van der Waals surface area (Å²) < 4.78 is 14.3. The van der Waals surface area contributed by atoms with Gasteiger partial charge in [0.25, 0.3) is 5.56 Å². The van der Waals surface area contributed by atoms with Gasteiger partial charge >= 0.3 is 0 Å². The highest BCUT2D eigenvalue weighted by molar-refractivity contribution is 7.99. The molecule has 0 radical (unpaired) electrons. The van der Waals surface area contributed by atoms with Gasteiger partial charge in [0.2, 0.25) is 0 Å². The first-order valence-corrected chi connectivity index (χ1v) is 11.2. The number of halogens is 2. The van der Waals surface area contributed by atoms with Gasteiger partial charge in [0.05, 0.1) is 17.6 Å². The third kappa shape index (κ3) is 4.86. The van der Waals surface area contributed by atoms with E-state index >= 15 is 0 Å². The molecule has 5 nitrogen and oxygen atoms in total. The number of nitrogens with zero attached hydrogens (tertiary/aromatic N) is 4. The number of benzene rings is 2. The summed E-state index contributed by atoms with van der Waals surface area (Å²) in [5, 5.41) is 4.53. The Morgan fingerprint density at radius 3 is 2.40 bits per heavy atom. The number of piperazine rings is 1. The number of aromatic nitrogens is 2. The Kier molecular flexibility index (Phi) is 6.72. The summed E-state index contributed by atoms with van der Waals surface area (Å²) in [4.78, 5) is 18.3. The van der Waals surface area contributed by atoms with Crippen LogP contribution in [0.1, 0.15) is 0 Å². The standard InChI is InChI=1S/C22H22ClFN4OS/c23-21-20(16-25-28(22(21)29)18-4-2-1-3-5-18)27-12-10-26(11-13-27)14-15-30-19-8-6-17(24)7-9-19/h1-9,16H,10-15H2. The SMILES string of the molecule is O=c1c(Cl)c(N2CCN(CCSc3ccc(F)cc3)CC2)cnn1-c1ccccc1. The van der Waals surface area contributed by atoms with Crippen LogP contribution >= 0.6 is 23.4 Å². The quantitative estimate of drug-likeness (QED) is 0.539. The van der Waals surface area contributed by atoms with Gasteiger partial charge in [-0.25, -0.2) is 4.39 Å². The maximum atomic E-state index is 13.0. The van der Waals surface area contributed by atoms with Crippen molar-refractivity contribution in [1.29, 1.82) is 0 Å². The third-order valence-corrected chi connectivity index (χ3v) is 6.45. The van der Waals surface area contributed by atoms with Crippen LogP contribution in [0.2, 0.25) is 5.02 Å². The summed E-state index contributed by atoms with van der Waals surface area (Å²) in [6.45, 7) is 4.32. The predicted molar refractivity (Wildman–Crippen MR) is 121 cm³/mol. The molecule has 1 aliphatic rings. The van der Waals surface area contributed by atoms with Crippen LogP contribution in [0.15, 0.2) is 70.5 Å². The summed E-state index contributed by atoms with van der Waals surface area (Å²) in [5.74, 6) is 0.737. The maximum absolute atomic E-state index is 13.0. The molecule has 1 saturated heterocycles. The van der Waals surface area contributed by atoms with Crippen molar-refractivity contribution in [2.75, 3.05) is 43.4 Å². The maximum Gasteiger partial charge on any atom is 0.292 e. The van der Waals surface area contributed by atoms with Crippen molar-refractivity contribution in [3.05, 3.63) is 82.0 Å². The van der Waals surface area contributed by atoms with Crippen LogP contribution in [-0.4, -0.2) is 53.2 Å². The van der Waals surface area contributed by atoms with E-state index in [2.05, 4.69) is 14.9 Å². The Morgan fingerprint density at radius 1 is 1.00 bits per heavy atom. The molecule has 1 fully saturated rings. The Bertz CT molecular complexity index is 1040. The average molecular weight is 445 g/mol. The van der Waals surface area contributed by atoms with Crippen molar-refractivity contribution in [3.63, 3.8) is 0 Å². The van der Waals surface area contributed by atoms with Gasteiger partial charge in [-0.1, -0.05) is 29.8 Å². The lowest BCUT2D eigenvalue weighted by Gasteiger charge is -2.36. The summed E-state index contributed by atoms with van der Waals surface area (Å²) in [6, 6.07) is 15.9. The lowest BCUT2D eigenvalue weighted by Crippen LogP contribution is -2.47. The Balaban J connectivity index is 1.33. The largest absolute Gasteiger partial charge is 0.366 e. The molecule has 1 aromatic heterocycles. The van der Waals surface area contributed by atoms with Crippen molar-refractivity contribution < 1.29 is 4.39 Å². The minimum Gasteiger partial charge on any atom is -0.366 e. The van der Waals surface area contributed by atoms with E-state index in [1.54, 1.807) is 18.0 Å². The van der Waals surface area contributed by atoms with E-state index in [0.29, 0.717) is 11.4 Å². The van der Waals surface area contributed by atoms with Crippen molar-refractivity contribution in [3.8, 4) is 5.69 Å². The van der Waals surface area contributed by atoms with Crippen LogP contribution in [0.25, 0.3) is 5.69 Å². The monoisotopic (exact) mass is 444 g/mol. The van der Waals surface area contributed by atoms with Gasteiger partial charge in [-0.3, -0.25) is 9.69 Å². The van der Waals surface area contributed by atoms with E-state index in [4.69, 9.17) is 11.6 Å². The van der Waals surface area contributed by atoms with Gasteiger partial charge in [0.1, 0.15) is 10.8 Å². The van der Waals surface area contributed by atoms with E-state index in [-0.39, 0.29) is 16.4 Å². The summed E-state index contributed by atoms with van der Waals surface area (Å²) in [5.41, 5.74) is 1.08. The van der Waals surface area contributed by atoms with Crippen molar-refractivity contribution in [2.24, 2.45) is 0 Å². The summed E-state index contributed by atoms with van der Waals surface area (Å²) in [7, 11) is 0. The van der Waals surface area contributed by atoms with Gasteiger partial charge < -0.3 is 4.90 Å².